The molecular weight excluding hydrogens is 214 g/mol. The standard InChI is InChI=1S/C14H21NO2/c1-12-4-3-5-13(6-9-16-2)14(12)15-7-10-17-11-8-15/h3-5H,6-11H2,1-2H3. The number of ether oxygens (including phenoxy) is 2. The van der Waals surface area contributed by atoms with Gasteiger partial charge >= 0.3 is 0 Å². The van der Waals surface area contributed by atoms with Crippen molar-refractivity contribution in [1.82, 2.24) is 0 Å². The van der Waals surface area contributed by atoms with Crippen molar-refractivity contribution < 1.29 is 9.47 Å². The number of anilines is 1. The van der Waals surface area contributed by atoms with Gasteiger partial charge in [0.2, 0.25) is 0 Å². The topological polar surface area (TPSA) is 21.7 Å². The zero-order chi connectivity index (χ0) is 12.1. The fraction of sp³-hybridized carbons (Fsp3) is 0.571. The quantitative estimate of drug-likeness (QED) is 0.797. The minimum absolute atomic E-state index is 0.779. The smallest absolute Gasteiger partial charge is 0.0642 e. The lowest BCUT2D eigenvalue weighted by atomic mass is 10.0. The highest BCUT2D eigenvalue weighted by Gasteiger charge is 2.16. The van der Waals surface area contributed by atoms with Gasteiger partial charge < -0.3 is 14.4 Å². The summed E-state index contributed by atoms with van der Waals surface area (Å²) in [4.78, 5) is 2.43. The molecule has 1 aliphatic heterocycles. The van der Waals surface area contributed by atoms with Gasteiger partial charge in [-0.25, -0.2) is 0 Å². The van der Waals surface area contributed by atoms with E-state index in [2.05, 4.69) is 30.0 Å². The van der Waals surface area contributed by atoms with E-state index in [0.29, 0.717) is 0 Å². The van der Waals surface area contributed by atoms with E-state index < -0.39 is 0 Å². The third-order valence-corrected chi connectivity index (χ3v) is 3.22. The van der Waals surface area contributed by atoms with E-state index in [9.17, 15) is 0 Å². The van der Waals surface area contributed by atoms with Gasteiger partial charge in [0.25, 0.3) is 0 Å². The van der Waals surface area contributed by atoms with E-state index in [0.717, 1.165) is 39.3 Å². The molecule has 0 N–H and O–H groups in total. The Hall–Kier alpha value is -1.06. The van der Waals surface area contributed by atoms with Crippen LogP contribution < -0.4 is 4.90 Å². The lowest BCUT2D eigenvalue weighted by molar-refractivity contribution is 0.122. The Kier molecular flexibility index (Phi) is 4.40. The van der Waals surface area contributed by atoms with Gasteiger partial charge in [-0.05, 0) is 24.5 Å². The molecule has 2 rings (SSSR count). The fourth-order valence-electron chi connectivity index (χ4n) is 2.37. The van der Waals surface area contributed by atoms with Gasteiger partial charge in [0.1, 0.15) is 0 Å². The predicted octanol–water partition coefficient (Wildman–Crippen LogP) is 2.02. The minimum Gasteiger partial charge on any atom is -0.384 e. The summed E-state index contributed by atoms with van der Waals surface area (Å²) in [5.74, 6) is 0. The molecule has 1 saturated heterocycles. The number of benzene rings is 1. The van der Waals surface area contributed by atoms with Gasteiger partial charge in [0.15, 0.2) is 0 Å². The average molecular weight is 235 g/mol. The van der Waals surface area contributed by atoms with Crippen LogP contribution in [0.2, 0.25) is 0 Å². The van der Waals surface area contributed by atoms with Gasteiger partial charge in [-0.15, -0.1) is 0 Å². The molecule has 3 nitrogen and oxygen atoms in total. The van der Waals surface area contributed by atoms with E-state index in [-0.39, 0.29) is 0 Å². The first-order chi connectivity index (χ1) is 8.33. The van der Waals surface area contributed by atoms with Crippen LogP contribution in [0.1, 0.15) is 11.1 Å². The van der Waals surface area contributed by atoms with Crippen molar-refractivity contribution in [2.24, 2.45) is 0 Å². The number of hydrogen-bond acceptors (Lipinski definition) is 3. The van der Waals surface area contributed by atoms with E-state index in [1.807, 2.05) is 0 Å². The average Bonchev–Trinajstić information content (AvgIpc) is 2.37. The normalized spacial score (nSPS) is 16.2. The van der Waals surface area contributed by atoms with Crippen LogP contribution in [0.4, 0.5) is 5.69 Å². The molecule has 1 aromatic carbocycles. The number of nitrogens with zero attached hydrogens (tertiary/aromatic N) is 1. The maximum atomic E-state index is 5.42. The summed E-state index contributed by atoms with van der Waals surface area (Å²) in [5, 5.41) is 0. The fourth-order valence-corrected chi connectivity index (χ4v) is 2.37. The molecule has 0 aromatic heterocycles. The molecule has 1 aromatic rings. The number of hydrogen-bond donors (Lipinski definition) is 0. The molecule has 0 radical (unpaired) electrons. The molecule has 3 heteroatoms. The van der Waals surface area contributed by atoms with E-state index in [4.69, 9.17) is 9.47 Å². The summed E-state index contributed by atoms with van der Waals surface area (Å²) < 4.78 is 10.6. The van der Waals surface area contributed by atoms with Crippen LogP contribution in [0.5, 0.6) is 0 Å². The first-order valence-corrected chi connectivity index (χ1v) is 6.23. The number of rotatable bonds is 4. The predicted molar refractivity (Wildman–Crippen MR) is 69.8 cm³/mol. The summed E-state index contributed by atoms with van der Waals surface area (Å²) in [7, 11) is 1.75. The molecule has 1 aliphatic rings. The minimum atomic E-state index is 0.779. The van der Waals surface area contributed by atoms with E-state index >= 15 is 0 Å². The third-order valence-electron chi connectivity index (χ3n) is 3.22. The largest absolute Gasteiger partial charge is 0.384 e. The SMILES string of the molecule is COCCc1cccc(C)c1N1CCOCC1. The molecule has 0 unspecified atom stereocenters. The van der Waals surface area contributed by atoms with Crippen molar-refractivity contribution in [3.63, 3.8) is 0 Å². The maximum Gasteiger partial charge on any atom is 0.0642 e. The molecule has 17 heavy (non-hydrogen) atoms. The first kappa shape index (κ1) is 12.4. The van der Waals surface area contributed by atoms with Gasteiger partial charge in [-0.3, -0.25) is 0 Å². The summed E-state index contributed by atoms with van der Waals surface area (Å²) in [5.41, 5.74) is 4.11. The molecular formula is C14H21NO2. The van der Waals surface area contributed by atoms with E-state index in [1.165, 1.54) is 16.8 Å². The van der Waals surface area contributed by atoms with Crippen LogP contribution in [-0.4, -0.2) is 40.0 Å². The number of methoxy groups -OCH3 is 1. The third kappa shape index (κ3) is 2.99. The number of para-hydroxylation sites is 1. The molecule has 0 atom stereocenters. The van der Waals surface area contributed by atoms with Crippen LogP contribution in [-0.2, 0) is 15.9 Å². The molecule has 0 aliphatic carbocycles. The van der Waals surface area contributed by atoms with Gasteiger partial charge in [-0.2, -0.15) is 0 Å². The van der Waals surface area contributed by atoms with Gasteiger partial charge in [-0.1, -0.05) is 18.2 Å². The molecule has 1 fully saturated rings. The Balaban J connectivity index is 2.22. The van der Waals surface area contributed by atoms with Crippen molar-refractivity contribution in [3.05, 3.63) is 29.3 Å². The number of morpholine rings is 1. The second-order valence-electron chi connectivity index (χ2n) is 4.42. The molecule has 94 valence electrons. The highest BCUT2D eigenvalue weighted by Crippen LogP contribution is 2.26. The van der Waals surface area contributed by atoms with Gasteiger partial charge in [0, 0.05) is 25.9 Å². The molecule has 0 saturated carbocycles. The zero-order valence-electron chi connectivity index (χ0n) is 10.7. The lowest BCUT2D eigenvalue weighted by Gasteiger charge is -2.32. The molecule has 0 spiro atoms. The Morgan fingerprint density at radius 2 is 2.06 bits per heavy atom. The van der Waals surface area contributed by atoms with Crippen molar-refractivity contribution in [3.8, 4) is 0 Å². The monoisotopic (exact) mass is 235 g/mol. The molecule has 0 bridgehead atoms. The van der Waals surface area contributed by atoms with Crippen LogP contribution in [0.15, 0.2) is 18.2 Å². The Morgan fingerprint density at radius 1 is 1.29 bits per heavy atom. The van der Waals surface area contributed by atoms with Crippen LogP contribution >= 0.6 is 0 Å². The van der Waals surface area contributed by atoms with Crippen molar-refractivity contribution in [2.45, 2.75) is 13.3 Å². The van der Waals surface area contributed by atoms with Crippen LogP contribution in [0.25, 0.3) is 0 Å². The molecule has 0 amide bonds. The van der Waals surface area contributed by atoms with Crippen molar-refractivity contribution in [2.75, 3.05) is 44.9 Å². The summed E-state index contributed by atoms with van der Waals surface area (Å²) in [6.07, 6.45) is 0.977. The number of aryl methyl sites for hydroxylation is 1. The first-order valence-electron chi connectivity index (χ1n) is 6.23. The summed E-state index contributed by atoms with van der Waals surface area (Å²) >= 11 is 0. The zero-order valence-corrected chi connectivity index (χ0v) is 10.7. The van der Waals surface area contributed by atoms with E-state index in [1.54, 1.807) is 7.11 Å². The van der Waals surface area contributed by atoms with Crippen LogP contribution in [0, 0.1) is 6.92 Å². The van der Waals surface area contributed by atoms with Crippen molar-refractivity contribution in [1.29, 1.82) is 0 Å². The van der Waals surface area contributed by atoms with Crippen LogP contribution in [0.3, 0.4) is 0 Å². The summed E-state index contributed by atoms with van der Waals surface area (Å²) in [6, 6.07) is 6.52. The second kappa shape index (κ2) is 6.03. The van der Waals surface area contributed by atoms with Gasteiger partial charge in [0.05, 0.1) is 19.8 Å². The Morgan fingerprint density at radius 3 is 2.76 bits per heavy atom. The highest BCUT2D eigenvalue weighted by atomic mass is 16.5. The van der Waals surface area contributed by atoms with Crippen molar-refractivity contribution >= 4 is 5.69 Å². The Labute approximate surface area is 103 Å². The maximum absolute atomic E-state index is 5.42. The summed E-state index contributed by atoms with van der Waals surface area (Å²) in [6.45, 7) is 6.60. The highest BCUT2D eigenvalue weighted by molar-refractivity contribution is 5.59. The Bertz CT molecular complexity index is 359. The second-order valence-corrected chi connectivity index (χ2v) is 4.42. The lowest BCUT2D eigenvalue weighted by Crippen LogP contribution is -2.37. The molecule has 1 heterocycles.